The monoisotopic (exact) mass is 717 g/mol. The van der Waals surface area contributed by atoms with Gasteiger partial charge in [-0.3, -0.25) is 9.97 Å². The summed E-state index contributed by atoms with van der Waals surface area (Å²) in [6.45, 7) is 0. The molecule has 0 atom stereocenters. The molecule has 3 aromatic heterocycles. The van der Waals surface area contributed by atoms with Gasteiger partial charge in [-0.05, 0) is 74.8 Å². The molecule has 0 saturated carbocycles. The molecular formula is C50H31N5O. The Kier molecular flexibility index (Phi) is 7.29. The number of benzene rings is 6. The quantitative estimate of drug-likeness (QED) is 0.176. The molecule has 56 heavy (non-hydrogen) atoms. The largest absolute Gasteiger partial charge is 0.457 e. The molecular weight excluding hydrogens is 687 g/mol. The number of aromatic nitrogens is 5. The van der Waals surface area contributed by atoms with Crippen LogP contribution in [0, 0.1) is 0 Å². The molecule has 0 unspecified atom stereocenters. The lowest BCUT2D eigenvalue weighted by molar-refractivity contribution is 0.436. The Labute approximate surface area is 323 Å². The van der Waals surface area contributed by atoms with Crippen LogP contribution in [0.2, 0.25) is 0 Å². The van der Waals surface area contributed by atoms with Gasteiger partial charge in [0.2, 0.25) is 0 Å². The summed E-state index contributed by atoms with van der Waals surface area (Å²) in [5, 5.41) is 0. The second kappa shape index (κ2) is 12.8. The normalized spacial score (nSPS) is 12.9. The van der Waals surface area contributed by atoms with Crippen LogP contribution in [-0.2, 0) is 5.41 Å². The van der Waals surface area contributed by atoms with E-state index < -0.39 is 5.41 Å². The minimum absolute atomic E-state index is 0.597. The highest BCUT2D eigenvalue weighted by atomic mass is 16.5. The highest BCUT2D eigenvalue weighted by Crippen LogP contribution is 2.62. The Balaban J connectivity index is 1.10. The van der Waals surface area contributed by atoms with Crippen molar-refractivity contribution in [2.24, 2.45) is 0 Å². The van der Waals surface area contributed by atoms with Crippen LogP contribution in [0.3, 0.4) is 0 Å². The van der Waals surface area contributed by atoms with E-state index in [2.05, 4.69) is 149 Å². The van der Waals surface area contributed by atoms with Crippen molar-refractivity contribution >= 4 is 0 Å². The van der Waals surface area contributed by atoms with Gasteiger partial charge in [-0.2, -0.15) is 0 Å². The second-order valence-corrected chi connectivity index (χ2v) is 14.1. The van der Waals surface area contributed by atoms with Crippen molar-refractivity contribution in [3.63, 3.8) is 0 Å². The lowest BCUT2D eigenvalue weighted by atomic mass is 9.66. The Bertz CT molecular complexity index is 2780. The van der Waals surface area contributed by atoms with Gasteiger partial charge >= 0.3 is 0 Å². The summed E-state index contributed by atoms with van der Waals surface area (Å²) in [4.78, 5) is 24.1. The van der Waals surface area contributed by atoms with Crippen molar-refractivity contribution in [3.05, 3.63) is 211 Å². The highest BCUT2D eigenvalue weighted by molar-refractivity contribution is 5.90. The van der Waals surface area contributed by atoms with E-state index in [4.69, 9.17) is 19.7 Å². The zero-order valence-electron chi connectivity index (χ0n) is 30.0. The molecule has 6 aromatic carbocycles. The standard InChI is InChI=1S/C50H31N5O/c1-2-12-41-39(11-1)40-26-25-36(29-44(40)50(41)42-13-3-5-15-45(42)56-46-16-6-4-14-43(46)50)49-54-47(34-21-17-32(18-22-34)37-9-7-27-51-30-37)53-48(55-49)35-23-19-33(20-24-35)38-10-8-28-52-31-38/h1-31H. The predicted molar refractivity (Wildman–Crippen MR) is 220 cm³/mol. The molecule has 0 amide bonds. The molecule has 4 heterocycles. The summed E-state index contributed by atoms with van der Waals surface area (Å²) >= 11 is 0. The summed E-state index contributed by atoms with van der Waals surface area (Å²) in [6, 6.07) is 56.9. The molecule has 11 rings (SSSR count). The number of fused-ring (bicyclic) bond motifs is 9. The van der Waals surface area contributed by atoms with Gasteiger partial charge in [-0.15, -0.1) is 0 Å². The minimum Gasteiger partial charge on any atom is -0.457 e. The van der Waals surface area contributed by atoms with Crippen molar-refractivity contribution in [1.82, 2.24) is 24.9 Å². The zero-order chi connectivity index (χ0) is 37.1. The third kappa shape index (κ3) is 5.00. The molecule has 0 N–H and O–H groups in total. The van der Waals surface area contributed by atoms with Gasteiger partial charge in [0.05, 0.1) is 5.41 Å². The zero-order valence-corrected chi connectivity index (χ0v) is 30.0. The van der Waals surface area contributed by atoms with E-state index in [1.807, 2.05) is 36.7 Å². The summed E-state index contributed by atoms with van der Waals surface area (Å²) in [6.07, 6.45) is 7.32. The second-order valence-electron chi connectivity index (χ2n) is 14.1. The molecule has 1 spiro atoms. The molecule has 6 heteroatoms. The fourth-order valence-corrected chi connectivity index (χ4v) is 8.45. The molecule has 0 radical (unpaired) electrons. The summed E-state index contributed by atoms with van der Waals surface area (Å²) < 4.78 is 6.57. The van der Waals surface area contributed by atoms with Crippen molar-refractivity contribution < 1.29 is 4.74 Å². The molecule has 1 aliphatic carbocycles. The number of hydrogen-bond acceptors (Lipinski definition) is 6. The molecule has 1 aliphatic heterocycles. The topological polar surface area (TPSA) is 73.7 Å². The molecule has 9 aromatic rings. The number of hydrogen-bond donors (Lipinski definition) is 0. The molecule has 0 fully saturated rings. The smallest absolute Gasteiger partial charge is 0.164 e. The summed E-state index contributed by atoms with van der Waals surface area (Å²) in [5.74, 6) is 3.50. The van der Waals surface area contributed by atoms with Gasteiger partial charge in [-0.25, -0.2) is 15.0 Å². The van der Waals surface area contributed by atoms with Crippen LogP contribution >= 0.6 is 0 Å². The molecule has 262 valence electrons. The maximum absolute atomic E-state index is 6.57. The molecule has 6 nitrogen and oxygen atoms in total. The third-order valence-electron chi connectivity index (χ3n) is 11.0. The fourth-order valence-electron chi connectivity index (χ4n) is 8.45. The van der Waals surface area contributed by atoms with Gasteiger partial charge in [0.1, 0.15) is 11.5 Å². The Hall–Kier alpha value is -7.57. The van der Waals surface area contributed by atoms with Crippen LogP contribution in [0.25, 0.3) is 67.5 Å². The van der Waals surface area contributed by atoms with Gasteiger partial charge in [0.15, 0.2) is 17.5 Å². The first-order valence-corrected chi connectivity index (χ1v) is 18.6. The minimum atomic E-state index is -0.601. The van der Waals surface area contributed by atoms with Gasteiger partial charge in [0.25, 0.3) is 0 Å². The SMILES string of the molecule is c1cncc(-c2ccc(-c3nc(-c4ccc(-c5cccnc5)cc4)nc(-c4ccc5c(c4)C4(c6ccccc6Oc6ccccc64)c4ccccc4-5)n3)cc2)c1. The average molecular weight is 718 g/mol. The number of nitrogens with zero attached hydrogens (tertiary/aromatic N) is 5. The highest BCUT2D eigenvalue weighted by Gasteiger charge is 2.51. The van der Waals surface area contributed by atoms with E-state index in [9.17, 15) is 0 Å². The Morgan fingerprint density at radius 1 is 0.339 bits per heavy atom. The van der Waals surface area contributed by atoms with Crippen molar-refractivity contribution in [3.8, 4) is 79.0 Å². The maximum Gasteiger partial charge on any atom is 0.164 e. The van der Waals surface area contributed by atoms with Crippen LogP contribution < -0.4 is 4.74 Å². The van der Waals surface area contributed by atoms with E-state index in [-0.39, 0.29) is 0 Å². The average Bonchev–Trinajstić information content (AvgIpc) is 3.57. The van der Waals surface area contributed by atoms with Gasteiger partial charge in [0, 0.05) is 52.6 Å². The first-order chi connectivity index (χ1) is 27.7. The van der Waals surface area contributed by atoms with Crippen molar-refractivity contribution in [1.29, 1.82) is 0 Å². The summed E-state index contributed by atoms with van der Waals surface area (Å²) in [7, 11) is 0. The predicted octanol–water partition coefficient (Wildman–Crippen LogP) is 11.5. The fraction of sp³-hybridized carbons (Fsp3) is 0.0200. The van der Waals surface area contributed by atoms with E-state index in [0.29, 0.717) is 17.5 Å². The van der Waals surface area contributed by atoms with Crippen LogP contribution in [0.5, 0.6) is 11.5 Å². The van der Waals surface area contributed by atoms with Crippen LogP contribution in [0.1, 0.15) is 22.3 Å². The van der Waals surface area contributed by atoms with Crippen LogP contribution in [-0.4, -0.2) is 24.9 Å². The van der Waals surface area contributed by atoms with E-state index in [1.165, 1.54) is 22.3 Å². The van der Waals surface area contributed by atoms with Gasteiger partial charge < -0.3 is 4.74 Å². The first kappa shape index (κ1) is 31.9. The maximum atomic E-state index is 6.57. The van der Waals surface area contributed by atoms with E-state index in [1.54, 1.807) is 12.4 Å². The van der Waals surface area contributed by atoms with Crippen LogP contribution in [0.4, 0.5) is 0 Å². The number of rotatable bonds is 5. The lowest BCUT2D eigenvalue weighted by Gasteiger charge is -2.39. The van der Waals surface area contributed by atoms with Crippen LogP contribution in [0.15, 0.2) is 189 Å². The van der Waals surface area contributed by atoms with Crippen molar-refractivity contribution in [2.75, 3.05) is 0 Å². The van der Waals surface area contributed by atoms with E-state index in [0.717, 1.165) is 61.6 Å². The Morgan fingerprint density at radius 3 is 1.32 bits per heavy atom. The number of para-hydroxylation sites is 2. The molecule has 0 saturated heterocycles. The summed E-state index contributed by atoms with van der Waals surface area (Å²) in [5.41, 5.74) is 13.4. The molecule has 2 aliphatic rings. The first-order valence-electron chi connectivity index (χ1n) is 18.6. The lowest BCUT2D eigenvalue weighted by Crippen LogP contribution is -2.32. The van der Waals surface area contributed by atoms with E-state index >= 15 is 0 Å². The molecule has 0 bridgehead atoms. The number of ether oxygens (including phenoxy) is 1. The van der Waals surface area contributed by atoms with Crippen molar-refractivity contribution in [2.45, 2.75) is 5.41 Å². The Morgan fingerprint density at radius 2 is 0.786 bits per heavy atom. The third-order valence-corrected chi connectivity index (χ3v) is 11.0. The van der Waals surface area contributed by atoms with Gasteiger partial charge in [-0.1, -0.05) is 133 Å². The number of pyridine rings is 2.